The summed E-state index contributed by atoms with van der Waals surface area (Å²) in [4.78, 5) is 36.5. The van der Waals surface area contributed by atoms with Crippen molar-refractivity contribution in [2.45, 2.75) is 0 Å². The maximum Gasteiger partial charge on any atom is 0.343 e. The number of carbonyl (C=O) groups excluding carboxylic acids is 3. The molecule has 0 radical (unpaired) electrons. The minimum absolute atomic E-state index is 0.224. The van der Waals surface area contributed by atoms with Gasteiger partial charge >= 0.3 is 5.97 Å². The van der Waals surface area contributed by atoms with Crippen LogP contribution in [0.5, 0.6) is 0 Å². The summed E-state index contributed by atoms with van der Waals surface area (Å²) in [5, 5.41) is 0. The number of benzene rings is 1. The SMILES string of the molecule is O=C(OCN1C(=O)c2ccccc2C1=O)c1ccoc1. The first kappa shape index (κ1) is 12.2. The molecule has 3 rings (SSSR count). The Morgan fingerprint density at radius 1 is 1.10 bits per heavy atom. The minimum atomic E-state index is -0.657. The number of rotatable bonds is 3. The van der Waals surface area contributed by atoms with Gasteiger partial charge in [-0.2, -0.15) is 0 Å². The fourth-order valence-corrected chi connectivity index (χ4v) is 1.94. The molecule has 0 aliphatic carbocycles. The normalized spacial score (nSPS) is 13.5. The van der Waals surface area contributed by atoms with E-state index >= 15 is 0 Å². The first-order chi connectivity index (χ1) is 9.68. The molecule has 0 spiro atoms. The van der Waals surface area contributed by atoms with Crippen LogP contribution in [-0.4, -0.2) is 29.4 Å². The lowest BCUT2D eigenvalue weighted by Crippen LogP contribution is -2.33. The molecule has 6 nitrogen and oxygen atoms in total. The lowest BCUT2D eigenvalue weighted by molar-refractivity contribution is 0.0227. The van der Waals surface area contributed by atoms with Gasteiger partial charge in [-0.05, 0) is 18.2 Å². The Bertz CT molecular complexity index is 654. The Kier molecular flexibility index (Phi) is 2.83. The summed E-state index contributed by atoms with van der Waals surface area (Å²) in [7, 11) is 0. The molecule has 1 aliphatic heterocycles. The third kappa shape index (κ3) is 1.87. The van der Waals surface area contributed by atoms with E-state index in [9.17, 15) is 14.4 Å². The highest BCUT2D eigenvalue weighted by Gasteiger charge is 2.35. The molecule has 2 heterocycles. The van der Waals surface area contributed by atoms with Crippen molar-refractivity contribution in [3.05, 3.63) is 59.5 Å². The average molecular weight is 271 g/mol. The van der Waals surface area contributed by atoms with E-state index in [2.05, 4.69) is 0 Å². The lowest BCUT2D eigenvalue weighted by Gasteiger charge is -2.13. The number of amides is 2. The van der Waals surface area contributed by atoms with Gasteiger partial charge in [0.15, 0.2) is 6.73 Å². The second kappa shape index (κ2) is 4.65. The van der Waals surface area contributed by atoms with Crippen LogP contribution < -0.4 is 0 Å². The summed E-state index contributed by atoms with van der Waals surface area (Å²) >= 11 is 0. The molecule has 2 aromatic rings. The van der Waals surface area contributed by atoms with E-state index in [0.29, 0.717) is 11.1 Å². The third-order valence-corrected chi connectivity index (χ3v) is 2.96. The zero-order valence-corrected chi connectivity index (χ0v) is 10.2. The van der Waals surface area contributed by atoms with Gasteiger partial charge < -0.3 is 9.15 Å². The van der Waals surface area contributed by atoms with Crippen LogP contribution in [0.25, 0.3) is 0 Å². The van der Waals surface area contributed by atoms with Gasteiger partial charge in [-0.15, -0.1) is 0 Å². The van der Waals surface area contributed by atoms with Crippen LogP contribution in [-0.2, 0) is 4.74 Å². The molecule has 1 aromatic heterocycles. The number of hydrogen-bond acceptors (Lipinski definition) is 5. The van der Waals surface area contributed by atoms with E-state index in [-0.39, 0.29) is 5.56 Å². The van der Waals surface area contributed by atoms with E-state index in [0.717, 1.165) is 4.90 Å². The van der Waals surface area contributed by atoms with E-state index in [4.69, 9.17) is 9.15 Å². The standard InChI is InChI=1S/C14H9NO5/c16-12-10-3-1-2-4-11(10)13(17)15(12)8-20-14(18)9-5-6-19-7-9/h1-7H,8H2. The molecule has 0 saturated heterocycles. The van der Waals surface area contributed by atoms with Gasteiger partial charge in [0.1, 0.15) is 6.26 Å². The number of esters is 1. The first-order valence-corrected chi connectivity index (χ1v) is 5.83. The monoisotopic (exact) mass is 271 g/mol. The minimum Gasteiger partial charge on any atom is -0.472 e. The van der Waals surface area contributed by atoms with Gasteiger partial charge in [-0.1, -0.05) is 12.1 Å². The molecule has 100 valence electrons. The first-order valence-electron chi connectivity index (χ1n) is 5.83. The smallest absolute Gasteiger partial charge is 0.343 e. The molecule has 1 aliphatic rings. The summed E-state index contributed by atoms with van der Waals surface area (Å²) in [6.07, 6.45) is 2.56. The molecular formula is C14H9NO5. The van der Waals surface area contributed by atoms with Crippen LogP contribution >= 0.6 is 0 Å². The van der Waals surface area contributed by atoms with Gasteiger partial charge in [0.25, 0.3) is 11.8 Å². The zero-order chi connectivity index (χ0) is 14.1. The fraction of sp³-hybridized carbons (Fsp3) is 0.0714. The summed E-state index contributed by atoms with van der Waals surface area (Å²) < 4.78 is 9.68. The van der Waals surface area contributed by atoms with Crippen LogP contribution in [0, 0.1) is 0 Å². The molecule has 0 bridgehead atoms. The largest absolute Gasteiger partial charge is 0.472 e. The summed E-state index contributed by atoms with van der Waals surface area (Å²) in [5.41, 5.74) is 0.857. The number of imide groups is 1. The highest BCUT2D eigenvalue weighted by Crippen LogP contribution is 2.22. The van der Waals surface area contributed by atoms with Crippen molar-refractivity contribution >= 4 is 17.8 Å². The van der Waals surface area contributed by atoms with Gasteiger partial charge in [0, 0.05) is 0 Å². The second-order valence-electron chi connectivity index (χ2n) is 4.16. The Morgan fingerprint density at radius 2 is 1.75 bits per heavy atom. The fourth-order valence-electron chi connectivity index (χ4n) is 1.94. The van der Waals surface area contributed by atoms with Crippen molar-refractivity contribution in [2.24, 2.45) is 0 Å². The number of fused-ring (bicyclic) bond motifs is 1. The van der Waals surface area contributed by atoms with Gasteiger partial charge in [0.05, 0.1) is 23.0 Å². The quantitative estimate of drug-likeness (QED) is 0.627. The van der Waals surface area contributed by atoms with E-state index in [1.165, 1.54) is 18.6 Å². The molecule has 20 heavy (non-hydrogen) atoms. The van der Waals surface area contributed by atoms with Crippen molar-refractivity contribution < 1.29 is 23.5 Å². The molecule has 0 N–H and O–H groups in total. The molecule has 1 aromatic carbocycles. The topological polar surface area (TPSA) is 76.8 Å². The Balaban J connectivity index is 1.73. The number of carbonyl (C=O) groups is 3. The van der Waals surface area contributed by atoms with Crippen molar-refractivity contribution in [1.82, 2.24) is 4.90 Å². The van der Waals surface area contributed by atoms with Gasteiger partial charge in [-0.25, -0.2) is 9.69 Å². The van der Waals surface area contributed by atoms with Crippen LogP contribution in [0.1, 0.15) is 31.1 Å². The number of ether oxygens (including phenoxy) is 1. The van der Waals surface area contributed by atoms with Gasteiger partial charge in [0.2, 0.25) is 0 Å². The summed E-state index contributed by atoms with van der Waals surface area (Å²) in [6, 6.07) is 7.90. The molecule has 0 fully saturated rings. The molecule has 0 atom stereocenters. The number of furan rings is 1. The van der Waals surface area contributed by atoms with Crippen molar-refractivity contribution in [2.75, 3.05) is 6.73 Å². The average Bonchev–Trinajstić information content (AvgIpc) is 3.07. The molecule has 2 amide bonds. The van der Waals surface area contributed by atoms with Crippen LogP contribution in [0.3, 0.4) is 0 Å². The third-order valence-electron chi connectivity index (χ3n) is 2.96. The molecule has 6 heteroatoms. The van der Waals surface area contributed by atoms with Gasteiger partial charge in [-0.3, -0.25) is 9.59 Å². The highest BCUT2D eigenvalue weighted by atomic mass is 16.5. The highest BCUT2D eigenvalue weighted by molar-refractivity contribution is 6.21. The molecular weight excluding hydrogens is 262 g/mol. The van der Waals surface area contributed by atoms with Crippen LogP contribution in [0.2, 0.25) is 0 Å². The predicted molar refractivity (Wildman–Crippen MR) is 65.9 cm³/mol. The van der Waals surface area contributed by atoms with Crippen molar-refractivity contribution in [3.8, 4) is 0 Å². The van der Waals surface area contributed by atoms with Crippen molar-refractivity contribution in [1.29, 1.82) is 0 Å². The lowest BCUT2D eigenvalue weighted by atomic mass is 10.1. The van der Waals surface area contributed by atoms with E-state index in [1.807, 2.05) is 0 Å². The Morgan fingerprint density at radius 3 is 2.30 bits per heavy atom. The molecule has 0 saturated carbocycles. The Hall–Kier alpha value is -2.89. The maximum absolute atomic E-state index is 12.0. The van der Waals surface area contributed by atoms with Crippen LogP contribution in [0.4, 0.5) is 0 Å². The summed E-state index contributed by atoms with van der Waals surface area (Å²) in [6.45, 7) is -0.420. The number of hydrogen-bond donors (Lipinski definition) is 0. The molecule has 0 unspecified atom stereocenters. The Labute approximate surface area is 113 Å². The second-order valence-corrected chi connectivity index (χ2v) is 4.16. The zero-order valence-electron chi connectivity index (χ0n) is 10.2. The van der Waals surface area contributed by atoms with E-state index in [1.54, 1.807) is 24.3 Å². The van der Waals surface area contributed by atoms with E-state index < -0.39 is 24.5 Å². The predicted octanol–water partition coefficient (Wildman–Crippen LogP) is 1.69. The maximum atomic E-state index is 12.0. The van der Waals surface area contributed by atoms with Crippen LogP contribution in [0.15, 0.2) is 47.3 Å². The van der Waals surface area contributed by atoms with Crippen molar-refractivity contribution in [3.63, 3.8) is 0 Å². The summed E-state index contributed by atoms with van der Waals surface area (Å²) in [5.74, 6) is -1.59. The number of nitrogens with zero attached hydrogens (tertiary/aromatic N) is 1.